The fraction of sp³-hybridized carbons (Fsp3) is 0.414. The van der Waals surface area contributed by atoms with Gasteiger partial charge < -0.3 is 24.8 Å². The van der Waals surface area contributed by atoms with Gasteiger partial charge in [0.2, 0.25) is 5.95 Å². The van der Waals surface area contributed by atoms with Crippen LogP contribution in [0.15, 0.2) is 43.1 Å². The second-order valence-corrected chi connectivity index (χ2v) is 10.6. The molecule has 12 heteroatoms. The fourth-order valence-corrected chi connectivity index (χ4v) is 5.65. The summed E-state index contributed by atoms with van der Waals surface area (Å²) in [6.07, 6.45) is 9.64. The number of carbonyl (C=O) groups is 1. The number of amides is 1. The van der Waals surface area contributed by atoms with Gasteiger partial charge >= 0.3 is 0 Å². The number of rotatable bonds is 6. The predicted octanol–water partition coefficient (Wildman–Crippen LogP) is 4.24. The summed E-state index contributed by atoms with van der Waals surface area (Å²) in [5.41, 5.74) is 1.77. The zero-order valence-electron chi connectivity index (χ0n) is 22.8. The number of hydrogen-bond donors (Lipinski definition) is 2. The van der Waals surface area contributed by atoms with Gasteiger partial charge in [0.1, 0.15) is 23.6 Å². The van der Waals surface area contributed by atoms with Crippen LogP contribution in [0, 0.1) is 11.6 Å². The summed E-state index contributed by atoms with van der Waals surface area (Å²) in [5, 5.41) is 12.9. The maximum absolute atomic E-state index is 15.3. The van der Waals surface area contributed by atoms with E-state index in [0.29, 0.717) is 31.0 Å². The monoisotopic (exact) mass is 562 g/mol. The molecule has 10 nitrogen and oxygen atoms in total. The van der Waals surface area contributed by atoms with Gasteiger partial charge in [-0.1, -0.05) is 6.92 Å². The minimum Gasteiger partial charge on any atom is -0.391 e. The van der Waals surface area contributed by atoms with Gasteiger partial charge in [0.25, 0.3) is 5.91 Å². The largest absolute Gasteiger partial charge is 0.391 e. The predicted molar refractivity (Wildman–Crippen MR) is 150 cm³/mol. The van der Waals surface area contributed by atoms with Crippen molar-refractivity contribution in [1.29, 1.82) is 0 Å². The number of likely N-dealkylation sites (tertiary alicyclic amines) is 1. The number of piperidine rings is 2. The van der Waals surface area contributed by atoms with E-state index in [4.69, 9.17) is 0 Å². The lowest BCUT2D eigenvalue weighted by Crippen LogP contribution is -2.42. The number of aromatic nitrogens is 5. The number of β-amino-alcohol motifs (C(OH)–C–C–N with tert-alkyl or cyclic N) is 1. The van der Waals surface area contributed by atoms with Gasteiger partial charge in [0.05, 0.1) is 17.2 Å². The molecule has 0 saturated carbocycles. The van der Waals surface area contributed by atoms with Crippen LogP contribution in [0.5, 0.6) is 0 Å². The highest BCUT2D eigenvalue weighted by atomic mass is 19.1. The molecule has 2 N–H and O–H groups in total. The molecular formula is C29H32F2N8O2. The molecule has 0 bridgehead atoms. The molecule has 214 valence electrons. The quantitative estimate of drug-likeness (QED) is 0.359. The number of hydrogen-bond acceptors (Lipinski definition) is 8. The summed E-state index contributed by atoms with van der Waals surface area (Å²) in [6.45, 7) is 4.26. The van der Waals surface area contributed by atoms with Gasteiger partial charge in [-0.15, -0.1) is 0 Å². The van der Waals surface area contributed by atoms with E-state index in [0.717, 1.165) is 44.0 Å². The molecule has 2 saturated heterocycles. The Labute approximate surface area is 236 Å². The Balaban J connectivity index is 1.18. The molecule has 1 aromatic carbocycles. The molecule has 5 heterocycles. The molecule has 1 amide bonds. The Kier molecular flexibility index (Phi) is 7.48. The van der Waals surface area contributed by atoms with Gasteiger partial charge in [0.15, 0.2) is 5.82 Å². The number of aliphatic hydroxyl groups is 1. The van der Waals surface area contributed by atoms with Crippen molar-refractivity contribution in [3.8, 4) is 0 Å². The second-order valence-electron chi connectivity index (χ2n) is 10.6. The molecule has 6 rings (SSSR count). The molecule has 0 spiro atoms. The Hall–Kier alpha value is -4.19. The van der Waals surface area contributed by atoms with Crippen LogP contribution >= 0.6 is 0 Å². The molecule has 0 radical (unpaired) electrons. The third-order valence-corrected chi connectivity index (χ3v) is 7.96. The van der Waals surface area contributed by atoms with Crippen molar-refractivity contribution in [2.75, 3.05) is 36.4 Å². The second kappa shape index (κ2) is 11.4. The molecule has 41 heavy (non-hydrogen) atoms. The Morgan fingerprint density at radius 2 is 1.83 bits per heavy atom. The summed E-state index contributed by atoms with van der Waals surface area (Å²) < 4.78 is 32.3. The van der Waals surface area contributed by atoms with Crippen LogP contribution in [0.4, 0.5) is 26.2 Å². The van der Waals surface area contributed by atoms with Crippen LogP contribution in [-0.4, -0.2) is 72.7 Å². The zero-order chi connectivity index (χ0) is 28.5. The van der Waals surface area contributed by atoms with Crippen molar-refractivity contribution in [2.45, 2.75) is 51.2 Å². The summed E-state index contributed by atoms with van der Waals surface area (Å²) in [7, 11) is 0. The molecule has 1 atom stereocenters. The average molecular weight is 563 g/mol. The summed E-state index contributed by atoms with van der Waals surface area (Å²) in [6, 6.07) is 4.13. The summed E-state index contributed by atoms with van der Waals surface area (Å²) >= 11 is 0. The first-order chi connectivity index (χ1) is 19.9. The fourth-order valence-electron chi connectivity index (χ4n) is 5.65. The van der Waals surface area contributed by atoms with Crippen LogP contribution in [0.25, 0.3) is 11.0 Å². The molecule has 0 aliphatic carbocycles. The SMILES string of the molecule is CCc1cnc(N2CCC(n3cc(F)c4c(Nc5ccc(C(=O)N6CCC[C@H](O)C6)cc5F)ncnc43)CC2)nc1. The van der Waals surface area contributed by atoms with Gasteiger partial charge in [0, 0.05) is 56.4 Å². The Morgan fingerprint density at radius 1 is 1.05 bits per heavy atom. The number of aliphatic hydroxyl groups excluding tert-OH is 1. The summed E-state index contributed by atoms with van der Waals surface area (Å²) in [4.78, 5) is 34.0. The van der Waals surface area contributed by atoms with Crippen LogP contribution in [0.3, 0.4) is 0 Å². The highest BCUT2D eigenvalue weighted by molar-refractivity contribution is 5.95. The number of anilines is 3. The van der Waals surface area contributed by atoms with Crippen molar-refractivity contribution >= 4 is 34.4 Å². The zero-order valence-corrected chi connectivity index (χ0v) is 22.8. The van der Waals surface area contributed by atoms with Crippen LogP contribution in [-0.2, 0) is 6.42 Å². The van der Waals surface area contributed by atoms with E-state index in [1.807, 2.05) is 17.0 Å². The van der Waals surface area contributed by atoms with Crippen molar-refractivity contribution < 1.29 is 18.7 Å². The average Bonchev–Trinajstić information content (AvgIpc) is 3.35. The molecule has 2 aliphatic rings. The third kappa shape index (κ3) is 5.43. The first-order valence-electron chi connectivity index (χ1n) is 14.0. The Morgan fingerprint density at radius 3 is 2.54 bits per heavy atom. The lowest BCUT2D eigenvalue weighted by atomic mass is 10.1. The van der Waals surface area contributed by atoms with Crippen LogP contribution in [0.1, 0.15) is 54.6 Å². The number of halogens is 2. The molecule has 2 fully saturated rings. The van der Waals surface area contributed by atoms with Gasteiger partial charge in [-0.25, -0.2) is 28.7 Å². The van der Waals surface area contributed by atoms with E-state index in [9.17, 15) is 9.90 Å². The van der Waals surface area contributed by atoms with E-state index in [-0.39, 0.29) is 40.9 Å². The van der Waals surface area contributed by atoms with Crippen molar-refractivity contribution in [3.63, 3.8) is 0 Å². The molecule has 0 unspecified atom stereocenters. The molecule has 3 aromatic heterocycles. The maximum Gasteiger partial charge on any atom is 0.254 e. The van der Waals surface area contributed by atoms with Crippen molar-refractivity contribution in [2.24, 2.45) is 0 Å². The van der Waals surface area contributed by atoms with E-state index in [1.54, 1.807) is 0 Å². The number of fused-ring (bicyclic) bond motifs is 1. The lowest BCUT2D eigenvalue weighted by Gasteiger charge is -2.32. The van der Waals surface area contributed by atoms with Crippen molar-refractivity contribution in [1.82, 2.24) is 29.4 Å². The maximum atomic E-state index is 15.3. The third-order valence-electron chi connectivity index (χ3n) is 7.96. The standard InChI is InChI=1S/C29H32F2N8O2/c1-2-18-13-32-29(33-14-18)37-10-7-20(8-11-37)39-16-23(31)25-26(34-17-35-27(25)39)36-24-6-5-19(12-22(24)30)28(41)38-9-3-4-21(40)15-38/h5-6,12-14,16-17,20-21,40H,2-4,7-11,15H2,1H3,(H,34,35,36)/t21-/m0/s1. The number of nitrogens with zero attached hydrogens (tertiary/aromatic N) is 7. The molecule has 2 aliphatic heterocycles. The number of aryl methyl sites for hydroxylation is 1. The van der Waals surface area contributed by atoms with E-state index < -0.39 is 17.7 Å². The highest BCUT2D eigenvalue weighted by Crippen LogP contribution is 2.33. The van der Waals surface area contributed by atoms with E-state index in [2.05, 4.69) is 37.1 Å². The first-order valence-corrected chi connectivity index (χ1v) is 14.0. The highest BCUT2D eigenvalue weighted by Gasteiger charge is 2.27. The Bertz CT molecular complexity index is 1550. The molecule has 4 aromatic rings. The normalized spacial score (nSPS) is 18.2. The molecular weight excluding hydrogens is 530 g/mol. The smallest absolute Gasteiger partial charge is 0.254 e. The van der Waals surface area contributed by atoms with Gasteiger partial charge in [-0.3, -0.25) is 4.79 Å². The minimum absolute atomic E-state index is 0.0197. The van der Waals surface area contributed by atoms with Gasteiger partial charge in [-0.05, 0) is 55.9 Å². The first kappa shape index (κ1) is 27.0. The number of carbonyl (C=O) groups excluding carboxylic acids is 1. The van der Waals surface area contributed by atoms with Crippen LogP contribution < -0.4 is 10.2 Å². The van der Waals surface area contributed by atoms with E-state index in [1.165, 1.54) is 29.6 Å². The lowest BCUT2D eigenvalue weighted by molar-refractivity contribution is 0.0473. The van der Waals surface area contributed by atoms with Crippen molar-refractivity contribution in [3.05, 3.63) is 65.9 Å². The van der Waals surface area contributed by atoms with Gasteiger partial charge in [-0.2, -0.15) is 0 Å². The van der Waals surface area contributed by atoms with Crippen LogP contribution in [0.2, 0.25) is 0 Å². The number of nitrogens with one attached hydrogen (secondary N) is 1. The topological polar surface area (TPSA) is 112 Å². The summed E-state index contributed by atoms with van der Waals surface area (Å²) in [5.74, 6) is -0.662. The minimum atomic E-state index is -0.665. The number of benzene rings is 1. The van der Waals surface area contributed by atoms with E-state index >= 15 is 8.78 Å².